The van der Waals surface area contributed by atoms with Crippen molar-refractivity contribution in [3.05, 3.63) is 58.2 Å². The lowest BCUT2D eigenvalue weighted by Gasteiger charge is -2.06. The summed E-state index contributed by atoms with van der Waals surface area (Å²) in [7, 11) is 0. The molecule has 0 saturated carbocycles. The SMILES string of the molecule is O=c1c2ccsc2ncn1CCNCc1ccccn1. The highest BCUT2D eigenvalue weighted by molar-refractivity contribution is 7.16. The average Bonchev–Trinajstić information content (AvgIpc) is 2.96. The van der Waals surface area contributed by atoms with E-state index in [2.05, 4.69) is 15.3 Å². The fraction of sp³-hybridized carbons (Fsp3) is 0.214. The normalized spacial score (nSPS) is 11.0. The number of fused-ring (bicyclic) bond motifs is 1. The number of aromatic nitrogens is 3. The van der Waals surface area contributed by atoms with E-state index >= 15 is 0 Å². The van der Waals surface area contributed by atoms with Gasteiger partial charge in [0.2, 0.25) is 0 Å². The van der Waals surface area contributed by atoms with Crippen LogP contribution in [0.15, 0.2) is 47.0 Å². The Balaban J connectivity index is 1.60. The molecule has 0 fully saturated rings. The lowest BCUT2D eigenvalue weighted by atomic mass is 10.3. The number of hydrogen-bond acceptors (Lipinski definition) is 5. The first-order valence-corrected chi connectivity index (χ1v) is 7.26. The van der Waals surface area contributed by atoms with Crippen LogP contribution in [0, 0.1) is 0 Å². The van der Waals surface area contributed by atoms with Gasteiger partial charge in [0.15, 0.2) is 0 Å². The second-order valence-corrected chi connectivity index (χ2v) is 5.27. The summed E-state index contributed by atoms with van der Waals surface area (Å²) in [5, 5.41) is 5.86. The molecule has 0 aromatic carbocycles. The van der Waals surface area contributed by atoms with Crippen LogP contribution in [0.1, 0.15) is 5.69 Å². The zero-order chi connectivity index (χ0) is 13.8. The minimum atomic E-state index is 0.0240. The molecule has 20 heavy (non-hydrogen) atoms. The first kappa shape index (κ1) is 13.0. The number of hydrogen-bond donors (Lipinski definition) is 1. The zero-order valence-corrected chi connectivity index (χ0v) is 11.6. The van der Waals surface area contributed by atoms with Gasteiger partial charge in [0, 0.05) is 25.8 Å². The van der Waals surface area contributed by atoms with Crippen molar-refractivity contribution < 1.29 is 0 Å². The average molecular weight is 286 g/mol. The molecule has 0 aliphatic carbocycles. The van der Waals surface area contributed by atoms with E-state index in [9.17, 15) is 4.79 Å². The smallest absolute Gasteiger partial charge is 0.262 e. The van der Waals surface area contributed by atoms with Crippen molar-refractivity contribution in [3.8, 4) is 0 Å². The fourth-order valence-corrected chi connectivity index (χ4v) is 2.69. The molecular formula is C14H14N4OS. The van der Waals surface area contributed by atoms with Crippen molar-refractivity contribution in [1.29, 1.82) is 0 Å². The quantitative estimate of drug-likeness (QED) is 0.724. The van der Waals surface area contributed by atoms with Crippen LogP contribution in [0.3, 0.4) is 0 Å². The molecule has 5 nitrogen and oxygen atoms in total. The Morgan fingerprint density at radius 3 is 3.05 bits per heavy atom. The minimum absolute atomic E-state index is 0.0240. The molecule has 3 heterocycles. The molecule has 3 aromatic rings. The molecule has 3 aromatic heterocycles. The largest absolute Gasteiger partial charge is 0.309 e. The molecule has 1 N–H and O–H groups in total. The number of thiophene rings is 1. The van der Waals surface area contributed by atoms with Crippen molar-refractivity contribution in [2.45, 2.75) is 13.1 Å². The Hall–Kier alpha value is -2.05. The molecule has 6 heteroatoms. The van der Waals surface area contributed by atoms with Gasteiger partial charge in [-0.15, -0.1) is 11.3 Å². The fourth-order valence-electron chi connectivity index (χ4n) is 1.97. The Kier molecular flexibility index (Phi) is 3.85. The monoisotopic (exact) mass is 286 g/mol. The molecule has 0 spiro atoms. The van der Waals surface area contributed by atoms with Crippen molar-refractivity contribution in [3.63, 3.8) is 0 Å². The summed E-state index contributed by atoms with van der Waals surface area (Å²) in [6.45, 7) is 2.00. The minimum Gasteiger partial charge on any atom is -0.309 e. The van der Waals surface area contributed by atoms with Crippen molar-refractivity contribution in [1.82, 2.24) is 19.9 Å². The van der Waals surface area contributed by atoms with E-state index < -0.39 is 0 Å². The van der Waals surface area contributed by atoms with E-state index in [1.54, 1.807) is 17.1 Å². The molecule has 0 atom stereocenters. The van der Waals surface area contributed by atoms with Crippen LogP contribution in [-0.2, 0) is 13.1 Å². The summed E-state index contributed by atoms with van der Waals surface area (Å²) in [5.74, 6) is 0. The first-order valence-electron chi connectivity index (χ1n) is 6.38. The summed E-state index contributed by atoms with van der Waals surface area (Å²) in [4.78, 5) is 21.5. The number of nitrogens with one attached hydrogen (secondary N) is 1. The predicted octanol–water partition coefficient (Wildman–Crippen LogP) is 1.64. The second kappa shape index (κ2) is 5.94. The Morgan fingerprint density at radius 2 is 2.20 bits per heavy atom. The van der Waals surface area contributed by atoms with Crippen LogP contribution < -0.4 is 10.9 Å². The Labute approximate surface area is 119 Å². The van der Waals surface area contributed by atoms with Gasteiger partial charge in [-0.3, -0.25) is 14.3 Å². The van der Waals surface area contributed by atoms with E-state index in [-0.39, 0.29) is 5.56 Å². The molecule has 0 aliphatic heterocycles. The summed E-state index contributed by atoms with van der Waals surface area (Å²) in [6.07, 6.45) is 3.39. The van der Waals surface area contributed by atoms with E-state index in [1.807, 2.05) is 29.6 Å². The van der Waals surface area contributed by atoms with E-state index in [0.717, 1.165) is 10.5 Å². The molecule has 3 rings (SSSR count). The van der Waals surface area contributed by atoms with E-state index in [4.69, 9.17) is 0 Å². The van der Waals surface area contributed by atoms with Gasteiger partial charge >= 0.3 is 0 Å². The first-order chi connectivity index (χ1) is 9.84. The van der Waals surface area contributed by atoms with Gasteiger partial charge in [0.1, 0.15) is 4.83 Å². The van der Waals surface area contributed by atoms with Crippen LogP contribution in [0.5, 0.6) is 0 Å². The second-order valence-electron chi connectivity index (χ2n) is 4.38. The van der Waals surface area contributed by atoms with Crippen molar-refractivity contribution in [2.24, 2.45) is 0 Å². The van der Waals surface area contributed by atoms with Crippen LogP contribution in [0.25, 0.3) is 10.2 Å². The zero-order valence-electron chi connectivity index (χ0n) is 10.8. The molecule has 0 amide bonds. The highest BCUT2D eigenvalue weighted by Crippen LogP contribution is 2.12. The molecule has 0 saturated heterocycles. The molecular weight excluding hydrogens is 272 g/mol. The maximum atomic E-state index is 12.1. The lowest BCUT2D eigenvalue weighted by molar-refractivity contribution is 0.578. The molecule has 0 radical (unpaired) electrons. The van der Waals surface area contributed by atoms with Gasteiger partial charge in [0.05, 0.1) is 17.4 Å². The van der Waals surface area contributed by atoms with Gasteiger partial charge in [-0.05, 0) is 23.6 Å². The predicted molar refractivity (Wildman–Crippen MR) is 79.8 cm³/mol. The highest BCUT2D eigenvalue weighted by atomic mass is 32.1. The third-order valence-electron chi connectivity index (χ3n) is 3.01. The van der Waals surface area contributed by atoms with Gasteiger partial charge in [-0.1, -0.05) is 6.07 Å². The lowest BCUT2D eigenvalue weighted by Crippen LogP contribution is -2.27. The van der Waals surface area contributed by atoms with Gasteiger partial charge in [-0.2, -0.15) is 0 Å². The molecule has 0 unspecified atom stereocenters. The standard InChI is InChI=1S/C14H14N4OS/c19-14-12-4-8-20-13(12)17-10-18(14)7-6-15-9-11-3-1-2-5-16-11/h1-5,8,10,15H,6-7,9H2. The highest BCUT2D eigenvalue weighted by Gasteiger charge is 2.04. The summed E-state index contributed by atoms with van der Waals surface area (Å²) < 4.78 is 1.64. The van der Waals surface area contributed by atoms with Crippen molar-refractivity contribution in [2.75, 3.05) is 6.54 Å². The summed E-state index contributed by atoms with van der Waals surface area (Å²) in [5.41, 5.74) is 1.02. The number of rotatable bonds is 5. The summed E-state index contributed by atoms with van der Waals surface area (Å²) >= 11 is 1.49. The third kappa shape index (κ3) is 2.76. The number of nitrogens with zero attached hydrogens (tertiary/aromatic N) is 3. The Morgan fingerprint density at radius 1 is 1.25 bits per heavy atom. The van der Waals surface area contributed by atoms with E-state index in [0.29, 0.717) is 25.0 Å². The Bertz CT molecular complexity index is 750. The van der Waals surface area contributed by atoms with E-state index in [1.165, 1.54) is 11.3 Å². The molecule has 102 valence electrons. The maximum Gasteiger partial charge on any atom is 0.262 e. The van der Waals surface area contributed by atoms with Gasteiger partial charge in [-0.25, -0.2) is 4.98 Å². The van der Waals surface area contributed by atoms with Crippen LogP contribution in [0.4, 0.5) is 0 Å². The van der Waals surface area contributed by atoms with Crippen LogP contribution in [0.2, 0.25) is 0 Å². The van der Waals surface area contributed by atoms with Crippen LogP contribution in [-0.4, -0.2) is 21.1 Å². The molecule has 0 bridgehead atoms. The van der Waals surface area contributed by atoms with Crippen molar-refractivity contribution >= 4 is 21.6 Å². The number of pyridine rings is 1. The maximum absolute atomic E-state index is 12.1. The van der Waals surface area contributed by atoms with Crippen LogP contribution >= 0.6 is 11.3 Å². The van der Waals surface area contributed by atoms with Gasteiger partial charge in [0.25, 0.3) is 5.56 Å². The third-order valence-corrected chi connectivity index (χ3v) is 3.83. The summed E-state index contributed by atoms with van der Waals surface area (Å²) in [6, 6.07) is 7.65. The van der Waals surface area contributed by atoms with Gasteiger partial charge < -0.3 is 5.32 Å². The molecule has 0 aliphatic rings. The topological polar surface area (TPSA) is 59.8 Å².